The first kappa shape index (κ1) is 15.8. The number of carbonyl (C=O) groups is 2. The van der Waals surface area contributed by atoms with E-state index in [0.717, 1.165) is 11.1 Å². The minimum atomic E-state index is -0.673. The number of nitrogens with zero attached hydrogens (tertiary/aromatic N) is 2. The van der Waals surface area contributed by atoms with Gasteiger partial charge in [0.2, 0.25) is 5.91 Å². The van der Waals surface area contributed by atoms with E-state index in [-0.39, 0.29) is 12.5 Å². The Bertz CT molecular complexity index is 764. The van der Waals surface area contributed by atoms with E-state index in [1.165, 1.54) is 9.80 Å². The van der Waals surface area contributed by atoms with Crippen LogP contribution in [0.5, 0.6) is 0 Å². The molecule has 2 aromatic carbocycles. The van der Waals surface area contributed by atoms with Crippen molar-refractivity contribution in [3.63, 3.8) is 0 Å². The fourth-order valence-electron chi connectivity index (χ4n) is 2.85. The molecule has 0 N–H and O–H groups in total. The largest absolute Gasteiger partial charge is 0.317 e. The van der Waals surface area contributed by atoms with E-state index < -0.39 is 11.4 Å². The van der Waals surface area contributed by atoms with E-state index in [0.29, 0.717) is 10.7 Å². The summed E-state index contributed by atoms with van der Waals surface area (Å²) in [5.41, 5.74) is 2.35. The summed E-state index contributed by atoms with van der Waals surface area (Å²) in [4.78, 5) is 27.3. The molecule has 6 heteroatoms. The van der Waals surface area contributed by atoms with Crippen LogP contribution in [-0.4, -0.2) is 29.8 Å². The smallest absolute Gasteiger partial charge is 0.314 e. The van der Waals surface area contributed by atoms with E-state index >= 15 is 0 Å². The number of fused-ring (bicyclic) bond motifs is 1. The van der Waals surface area contributed by atoms with E-state index in [2.05, 4.69) is 0 Å². The zero-order chi connectivity index (χ0) is 16.6. The molecule has 0 aromatic heterocycles. The molecule has 1 aliphatic heterocycles. The second-order valence-corrected chi connectivity index (χ2v) is 6.11. The fourth-order valence-corrected chi connectivity index (χ4v) is 3.19. The maximum Gasteiger partial charge on any atom is 0.317 e. The molecule has 0 saturated heterocycles. The van der Waals surface area contributed by atoms with Crippen molar-refractivity contribution < 1.29 is 9.59 Å². The van der Waals surface area contributed by atoms with Gasteiger partial charge in [0.05, 0.1) is 6.04 Å². The van der Waals surface area contributed by atoms with Crippen molar-refractivity contribution in [1.29, 1.82) is 0 Å². The Morgan fingerprint density at radius 3 is 2.52 bits per heavy atom. The van der Waals surface area contributed by atoms with Crippen LogP contribution in [0.25, 0.3) is 0 Å². The van der Waals surface area contributed by atoms with Crippen LogP contribution < -0.4 is 4.90 Å². The number of halogens is 2. The predicted molar refractivity (Wildman–Crippen MR) is 91.1 cm³/mol. The van der Waals surface area contributed by atoms with Crippen molar-refractivity contribution in [2.75, 3.05) is 18.5 Å². The number of anilines is 1. The molecule has 0 saturated carbocycles. The average Bonchev–Trinajstić information content (AvgIpc) is 2.64. The van der Waals surface area contributed by atoms with Gasteiger partial charge in [0.25, 0.3) is 0 Å². The molecule has 0 bridgehead atoms. The van der Waals surface area contributed by atoms with Gasteiger partial charge in [-0.2, -0.15) is 0 Å². The summed E-state index contributed by atoms with van der Waals surface area (Å²) in [6.45, 7) is -0.0926. The van der Waals surface area contributed by atoms with Crippen LogP contribution in [0.15, 0.2) is 48.5 Å². The van der Waals surface area contributed by atoms with E-state index in [9.17, 15) is 9.59 Å². The third-order valence-electron chi connectivity index (χ3n) is 3.98. The third-order valence-corrected chi connectivity index (χ3v) is 4.43. The van der Waals surface area contributed by atoms with Gasteiger partial charge in [-0.3, -0.25) is 9.59 Å². The third kappa shape index (κ3) is 2.92. The van der Waals surface area contributed by atoms with Gasteiger partial charge >= 0.3 is 5.37 Å². The van der Waals surface area contributed by atoms with Crippen LogP contribution in [0.3, 0.4) is 0 Å². The van der Waals surface area contributed by atoms with Crippen molar-refractivity contribution >= 4 is 40.2 Å². The lowest BCUT2D eigenvalue weighted by Gasteiger charge is -2.28. The SMILES string of the molecule is CN1C(=O)CN(C(=O)Cl)C(c2ccccc2)c2cc(Cl)ccc21. The Morgan fingerprint density at radius 2 is 1.87 bits per heavy atom. The van der Waals surface area contributed by atoms with Crippen molar-refractivity contribution in [2.45, 2.75) is 6.04 Å². The molecule has 118 valence electrons. The lowest BCUT2D eigenvalue weighted by atomic mass is 9.96. The van der Waals surface area contributed by atoms with E-state index in [1.807, 2.05) is 30.3 Å². The lowest BCUT2D eigenvalue weighted by Crippen LogP contribution is -2.38. The molecule has 0 fully saturated rings. The summed E-state index contributed by atoms with van der Waals surface area (Å²) in [7, 11) is 1.68. The summed E-state index contributed by atoms with van der Waals surface area (Å²) < 4.78 is 0. The molecule has 1 unspecified atom stereocenters. The average molecular weight is 349 g/mol. The van der Waals surface area contributed by atoms with Gasteiger partial charge in [-0.1, -0.05) is 41.9 Å². The number of carbonyl (C=O) groups excluding carboxylic acids is 2. The summed E-state index contributed by atoms with van der Waals surface area (Å²) >= 11 is 11.9. The van der Waals surface area contributed by atoms with Crippen LogP contribution in [-0.2, 0) is 4.79 Å². The Hall–Kier alpha value is -2.04. The normalized spacial score (nSPS) is 17.7. The highest BCUT2D eigenvalue weighted by molar-refractivity contribution is 6.63. The summed E-state index contributed by atoms with van der Waals surface area (Å²) in [6.07, 6.45) is 0. The highest BCUT2D eigenvalue weighted by Crippen LogP contribution is 2.39. The zero-order valence-electron chi connectivity index (χ0n) is 12.4. The lowest BCUT2D eigenvalue weighted by molar-refractivity contribution is -0.118. The van der Waals surface area contributed by atoms with Crippen molar-refractivity contribution in [1.82, 2.24) is 4.90 Å². The Morgan fingerprint density at radius 1 is 1.17 bits per heavy atom. The minimum Gasteiger partial charge on any atom is -0.314 e. The Balaban J connectivity index is 2.27. The van der Waals surface area contributed by atoms with Gasteiger partial charge in [0, 0.05) is 23.3 Å². The van der Waals surface area contributed by atoms with Gasteiger partial charge in [-0.25, -0.2) is 0 Å². The van der Waals surface area contributed by atoms with Gasteiger partial charge in [-0.05, 0) is 35.4 Å². The molecular formula is C17H14Cl2N2O2. The fraction of sp³-hybridized carbons (Fsp3) is 0.176. The molecule has 1 atom stereocenters. The number of amides is 2. The molecule has 4 nitrogen and oxygen atoms in total. The molecule has 23 heavy (non-hydrogen) atoms. The zero-order valence-corrected chi connectivity index (χ0v) is 13.9. The second-order valence-electron chi connectivity index (χ2n) is 5.35. The highest BCUT2D eigenvalue weighted by Gasteiger charge is 2.35. The topological polar surface area (TPSA) is 40.6 Å². The van der Waals surface area contributed by atoms with E-state index in [4.69, 9.17) is 23.2 Å². The standard InChI is InChI=1S/C17H14Cl2N2O2/c1-20-14-8-7-12(18)9-13(14)16(11-5-3-2-4-6-11)21(17(19)23)10-15(20)22/h2-9,16H,10H2,1H3. The quantitative estimate of drug-likeness (QED) is 0.575. The molecule has 1 heterocycles. The molecule has 0 aliphatic carbocycles. The number of benzene rings is 2. The van der Waals surface area contributed by atoms with Gasteiger partial charge < -0.3 is 9.80 Å². The molecular weight excluding hydrogens is 335 g/mol. The van der Waals surface area contributed by atoms with Crippen LogP contribution in [0.4, 0.5) is 10.5 Å². The summed E-state index contributed by atoms with van der Waals surface area (Å²) in [6, 6.07) is 14.3. The van der Waals surface area contributed by atoms with Crippen LogP contribution >= 0.6 is 23.2 Å². The molecule has 0 radical (unpaired) electrons. The summed E-state index contributed by atoms with van der Waals surface area (Å²) in [5.74, 6) is -0.207. The van der Waals surface area contributed by atoms with Gasteiger partial charge in [0.1, 0.15) is 6.54 Å². The van der Waals surface area contributed by atoms with Crippen molar-refractivity contribution in [3.8, 4) is 0 Å². The highest BCUT2D eigenvalue weighted by atomic mass is 35.5. The van der Waals surface area contributed by atoms with Gasteiger partial charge in [-0.15, -0.1) is 0 Å². The minimum absolute atomic E-state index is 0.0926. The first-order valence-electron chi connectivity index (χ1n) is 7.06. The second kappa shape index (κ2) is 6.22. The molecule has 2 amide bonds. The number of likely N-dealkylation sites (N-methyl/N-ethyl adjacent to an activating group) is 1. The predicted octanol–water partition coefficient (Wildman–Crippen LogP) is 4.07. The van der Waals surface area contributed by atoms with Crippen molar-refractivity contribution in [2.24, 2.45) is 0 Å². The maximum atomic E-state index is 12.4. The maximum absolute atomic E-state index is 12.4. The molecule has 3 rings (SSSR count). The number of rotatable bonds is 1. The van der Waals surface area contributed by atoms with E-state index in [1.54, 1.807) is 25.2 Å². The first-order valence-corrected chi connectivity index (χ1v) is 7.81. The van der Waals surface area contributed by atoms with Gasteiger partial charge in [0.15, 0.2) is 0 Å². The van der Waals surface area contributed by atoms with Crippen LogP contribution in [0, 0.1) is 0 Å². The molecule has 2 aromatic rings. The molecule has 0 spiro atoms. The monoisotopic (exact) mass is 348 g/mol. The van der Waals surface area contributed by atoms with Crippen LogP contribution in [0.2, 0.25) is 5.02 Å². The Kier molecular flexibility index (Phi) is 4.28. The molecule has 1 aliphatic rings. The summed E-state index contributed by atoms with van der Waals surface area (Å²) in [5, 5.41) is -0.136. The first-order chi connectivity index (χ1) is 11.0. The van der Waals surface area contributed by atoms with Crippen molar-refractivity contribution in [3.05, 3.63) is 64.7 Å². The van der Waals surface area contributed by atoms with Crippen LogP contribution in [0.1, 0.15) is 17.2 Å². The number of hydrogen-bond donors (Lipinski definition) is 0. The number of hydrogen-bond acceptors (Lipinski definition) is 2. The Labute approximate surface area is 144 Å².